The number of rotatable bonds is 3. The van der Waals surface area contributed by atoms with E-state index in [1.807, 2.05) is 0 Å². The first-order valence-electron chi connectivity index (χ1n) is 9.50. The molecule has 0 radical (unpaired) electrons. The van der Waals surface area contributed by atoms with Crippen LogP contribution in [0.4, 0.5) is 8.78 Å². The lowest BCUT2D eigenvalue weighted by Crippen LogP contribution is -2.50. The van der Waals surface area contributed by atoms with Gasteiger partial charge in [0.1, 0.15) is 11.5 Å². The maximum atomic E-state index is 14.2. The molecule has 2 amide bonds. The average molecular weight is 414 g/mol. The van der Waals surface area contributed by atoms with E-state index in [9.17, 15) is 18.4 Å². The highest BCUT2D eigenvalue weighted by Gasteiger charge is 2.30. The number of carbonyl (C=O) groups excluding carboxylic acids is 2. The van der Waals surface area contributed by atoms with Crippen LogP contribution in [0.5, 0.6) is 0 Å². The molecule has 0 unspecified atom stereocenters. The van der Waals surface area contributed by atoms with Crippen molar-refractivity contribution in [1.82, 2.24) is 19.6 Å². The Morgan fingerprint density at radius 3 is 2.27 bits per heavy atom. The highest BCUT2D eigenvalue weighted by molar-refractivity contribution is 5.97. The Labute approximate surface area is 171 Å². The highest BCUT2D eigenvalue weighted by Crippen LogP contribution is 2.23. The molecule has 0 N–H and O–H groups in total. The van der Waals surface area contributed by atoms with Gasteiger partial charge in [0.15, 0.2) is 11.6 Å². The average Bonchev–Trinajstić information content (AvgIpc) is 3.36. The largest absolute Gasteiger partial charge is 0.459 e. The van der Waals surface area contributed by atoms with Crippen molar-refractivity contribution in [2.45, 2.75) is 13.8 Å². The number of furan rings is 1. The van der Waals surface area contributed by atoms with E-state index in [0.29, 0.717) is 43.1 Å². The van der Waals surface area contributed by atoms with Gasteiger partial charge in [-0.15, -0.1) is 0 Å². The Hall–Kier alpha value is -3.49. The van der Waals surface area contributed by atoms with Crippen LogP contribution in [-0.4, -0.2) is 57.6 Å². The van der Waals surface area contributed by atoms with Gasteiger partial charge in [0, 0.05) is 32.2 Å². The molecular formula is C21H20F2N4O3. The predicted molar refractivity (Wildman–Crippen MR) is 103 cm³/mol. The second kappa shape index (κ2) is 7.74. The summed E-state index contributed by atoms with van der Waals surface area (Å²) in [4.78, 5) is 28.8. The summed E-state index contributed by atoms with van der Waals surface area (Å²) < 4.78 is 33.9. The van der Waals surface area contributed by atoms with E-state index >= 15 is 0 Å². The van der Waals surface area contributed by atoms with E-state index < -0.39 is 11.6 Å². The molecule has 1 aliphatic rings. The second-order valence-electron chi connectivity index (χ2n) is 7.12. The van der Waals surface area contributed by atoms with Crippen LogP contribution < -0.4 is 0 Å². The van der Waals surface area contributed by atoms with Crippen molar-refractivity contribution in [2.24, 2.45) is 0 Å². The van der Waals surface area contributed by atoms with Crippen LogP contribution >= 0.6 is 0 Å². The molecule has 9 heteroatoms. The molecule has 1 aliphatic heterocycles. The van der Waals surface area contributed by atoms with Crippen molar-refractivity contribution in [3.63, 3.8) is 0 Å². The van der Waals surface area contributed by atoms with Gasteiger partial charge in [-0.1, -0.05) is 0 Å². The summed E-state index contributed by atoms with van der Waals surface area (Å²) in [7, 11) is 0. The molecule has 1 fully saturated rings. The molecule has 156 valence electrons. The van der Waals surface area contributed by atoms with E-state index in [-0.39, 0.29) is 23.3 Å². The zero-order chi connectivity index (χ0) is 21.4. The number of hydrogen-bond acceptors (Lipinski definition) is 4. The van der Waals surface area contributed by atoms with E-state index in [1.54, 1.807) is 35.8 Å². The van der Waals surface area contributed by atoms with Gasteiger partial charge in [-0.3, -0.25) is 9.59 Å². The molecule has 0 saturated carbocycles. The summed E-state index contributed by atoms with van der Waals surface area (Å²) in [5.74, 6) is -1.62. The quantitative estimate of drug-likeness (QED) is 0.661. The van der Waals surface area contributed by atoms with Crippen LogP contribution in [0.1, 0.15) is 32.3 Å². The Morgan fingerprint density at radius 2 is 1.67 bits per heavy atom. The fraction of sp³-hybridized carbons (Fsp3) is 0.286. The van der Waals surface area contributed by atoms with Crippen LogP contribution in [0, 0.1) is 25.5 Å². The van der Waals surface area contributed by atoms with Gasteiger partial charge in [-0.05, 0) is 38.1 Å². The predicted octanol–water partition coefficient (Wildman–Crippen LogP) is 2.96. The van der Waals surface area contributed by atoms with E-state index in [1.165, 1.54) is 17.0 Å². The van der Waals surface area contributed by atoms with Gasteiger partial charge in [-0.2, -0.15) is 5.10 Å². The molecular weight excluding hydrogens is 394 g/mol. The topological polar surface area (TPSA) is 71.6 Å². The third-order valence-electron chi connectivity index (χ3n) is 5.23. The molecule has 3 aromatic rings. The fourth-order valence-corrected chi connectivity index (χ4v) is 3.67. The van der Waals surface area contributed by atoms with Crippen LogP contribution in [0.3, 0.4) is 0 Å². The summed E-state index contributed by atoms with van der Waals surface area (Å²) >= 11 is 0. The minimum atomic E-state index is -0.760. The van der Waals surface area contributed by atoms with Crippen LogP contribution in [0.2, 0.25) is 0 Å². The summed E-state index contributed by atoms with van der Waals surface area (Å²) in [6, 6.07) is 6.47. The van der Waals surface area contributed by atoms with Crippen molar-refractivity contribution >= 4 is 11.8 Å². The van der Waals surface area contributed by atoms with Gasteiger partial charge in [0.25, 0.3) is 11.8 Å². The van der Waals surface area contributed by atoms with Gasteiger partial charge in [0.05, 0.1) is 23.2 Å². The number of piperazine rings is 1. The number of hydrogen-bond donors (Lipinski definition) is 0. The molecule has 0 spiro atoms. The molecule has 30 heavy (non-hydrogen) atoms. The molecule has 7 nitrogen and oxygen atoms in total. The lowest BCUT2D eigenvalue weighted by Gasteiger charge is -2.34. The van der Waals surface area contributed by atoms with E-state index in [4.69, 9.17) is 4.42 Å². The normalized spacial score (nSPS) is 14.3. The monoisotopic (exact) mass is 414 g/mol. The van der Waals surface area contributed by atoms with Crippen molar-refractivity contribution in [3.8, 4) is 5.69 Å². The third kappa shape index (κ3) is 3.47. The molecule has 1 saturated heterocycles. The Balaban J connectivity index is 1.52. The first kappa shape index (κ1) is 19.8. The molecule has 3 heterocycles. The lowest BCUT2D eigenvalue weighted by molar-refractivity contribution is 0.0517. The zero-order valence-corrected chi connectivity index (χ0v) is 16.6. The summed E-state index contributed by atoms with van der Waals surface area (Å²) in [5.41, 5.74) is 1.38. The Bertz CT molecular complexity index is 1100. The lowest BCUT2D eigenvalue weighted by atomic mass is 10.1. The number of benzene rings is 1. The SMILES string of the molecule is Cc1nn(-c2ccc(F)cc2F)c(C)c1C(=O)N1CCN(C(=O)c2ccco2)CC1. The Morgan fingerprint density at radius 1 is 1.00 bits per heavy atom. The van der Waals surface area contributed by atoms with E-state index in [2.05, 4.69) is 5.10 Å². The van der Waals surface area contributed by atoms with Crippen LogP contribution in [0.25, 0.3) is 5.69 Å². The Kier molecular flexibility index (Phi) is 5.11. The van der Waals surface area contributed by atoms with Gasteiger partial charge in [-0.25, -0.2) is 13.5 Å². The highest BCUT2D eigenvalue weighted by atomic mass is 19.1. The molecule has 2 aromatic heterocycles. The minimum Gasteiger partial charge on any atom is -0.459 e. The number of amides is 2. The fourth-order valence-electron chi connectivity index (χ4n) is 3.67. The second-order valence-corrected chi connectivity index (χ2v) is 7.12. The van der Waals surface area contributed by atoms with Gasteiger partial charge >= 0.3 is 0 Å². The van der Waals surface area contributed by atoms with Gasteiger partial charge in [0.2, 0.25) is 0 Å². The van der Waals surface area contributed by atoms with Gasteiger partial charge < -0.3 is 14.2 Å². The van der Waals surface area contributed by atoms with Crippen molar-refractivity contribution < 1.29 is 22.8 Å². The molecule has 0 bridgehead atoms. The summed E-state index contributed by atoms with van der Waals surface area (Å²) in [5, 5.41) is 4.29. The summed E-state index contributed by atoms with van der Waals surface area (Å²) in [6.07, 6.45) is 1.44. The molecule has 0 aliphatic carbocycles. The standard InChI is InChI=1S/C21H20F2N4O3/c1-13-19(14(2)27(24-13)17-6-5-15(22)12-16(17)23)21(29)26-9-7-25(8-10-26)20(28)18-4-3-11-30-18/h3-6,11-12H,7-10H2,1-2H3. The number of halogens is 2. The molecule has 4 rings (SSSR count). The first-order valence-corrected chi connectivity index (χ1v) is 9.50. The number of aromatic nitrogens is 2. The maximum Gasteiger partial charge on any atom is 0.289 e. The summed E-state index contributed by atoms with van der Waals surface area (Å²) in [6.45, 7) is 4.83. The van der Waals surface area contributed by atoms with Crippen molar-refractivity contribution in [2.75, 3.05) is 26.2 Å². The van der Waals surface area contributed by atoms with E-state index in [0.717, 1.165) is 12.1 Å². The van der Waals surface area contributed by atoms with Crippen LogP contribution in [0.15, 0.2) is 41.0 Å². The smallest absolute Gasteiger partial charge is 0.289 e. The number of carbonyl (C=O) groups is 2. The zero-order valence-electron chi connectivity index (χ0n) is 16.6. The maximum absolute atomic E-state index is 14.2. The molecule has 1 aromatic carbocycles. The number of nitrogens with zero attached hydrogens (tertiary/aromatic N) is 4. The number of aryl methyl sites for hydroxylation is 1. The molecule has 0 atom stereocenters. The van der Waals surface area contributed by atoms with Crippen LogP contribution in [-0.2, 0) is 0 Å². The van der Waals surface area contributed by atoms with Crippen molar-refractivity contribution in [3.05, 3.63) is 70.9 Å². The first-order chi connectivity index (χ1) is 14.4. The third-order valence-corrected chi connectivity index (χ3v) is 5.23. The van der Waals surface area contributed by atoms with Crippen molar-refractivity contribution in [1.29, 1.82) is 0 Å². The minimum absolute atomic E-state index is 0.0740.